The SMILES string of the molecule is Cc1ccsc1CNC(=S)NCC(C)C. The highest BCUT2D eigenvalue weighted by Crippen LogP contribution is 2.14. The molecule has 0 spiro atoms. The fraction of sp³-hybridized carbons (Fsp3) is 0.545. The van der Waals surface area contributed by atoms with Crippen LogP contribution < -0.4 is 10.6 Å². The van der Waals surface area contributed by atoms with Crippen molar-refractivity contribution in [2.24, 2.45) is 5.92 Å². The minimum Gasteiger partial charge on any atom is -0.362 e. The van der Waals surface area contributed by atoms with Crippen LogP contribution in [0.4, 0.5) is 0 Å². The van der Waals surface area contributed by atoms with E-state index >= 15 is 0 Å². The number of aryl methyl sites for hydroxylation is 1. The number of hydrogen-bond acceptors (Lipinski definition) is 2. The van der Waals surface area contributed by atoms with Crippen molar-refractivity contribution in [3.63, 3.8) is 0 Å². The van der Waals surface area contributed by atoms with E-state index in [1.54, 1.807) is 11.3 Å². The van der Waals surface area contributed by atoms with Crippen molar-refractivity contribution < 1.29 is 0 Å². The van der Waals surface area contributed by atoms with E-state index in [0.29, 0.717) is 5.92 Å². The second kappa shape index (κ2) is 6.08. The third-order valence-corrected chi connectivity index (χ3v) is 3.36. The van der Waals surface area contributed by atoms with Crippen LogP contribution in [0, 0.1) is 12.8 Å². The third-order valence-electron chi connectivity index (χ3n) is 2.05. The van der Waals surface area contributed by atoms with Gasteiger partial charge >= 0.3 is 0 Å². The maximum Gasteiger partial charge on any atom is 0.166 e. The summed E-state index contributed by atoms with van der Waals surface area (Å²) in [5.74, 6) is 0.619. The molecule has 2 nitrogen and oxygen atoms in total. The van der Waals surface area contributed by atoms with Gasteiger partial charge in [0.1, 0.15) is 0 Å². The molecule has 15 heavy (non-hydrogen) atoms. The Morgan fingerprint density at radius 2 is 2.20 bits per heavy atom. The first-order valence-corrected chi connectivity index (χ1v) is 6.43. The zero-order chi connectivity index (χ0) is 11.3. The summed E-state index contributed by atoms with van der Waals surface area (Å²) in [7, 11) is 0. The molecule has 1 rings (SSSR count). The Balaban J connectivity index is 2.26. The van der Waals surface area contributed by atoms with E-state index in [2.05, 4.69) is 42.9 Å². The molecule has 0 saturated carbocycles. The summed E-state index contributed by atoms with van der Waals surface area (Å²) in [6.45, 7) is 8.21. The molecule has 0 atom stereocenters. The van der Waals surface area contributed by atoms with Gasteiger partial charge in [-0.25, -0.2) is 0 Å². The molecular weight excluding hydrogens is 224 g/mol. The third kappa shape index (κ3) is 4.62. The maximum absolute atomic E-state index is 5.17. The quantitative estimate of drug-likeness (QED) is 0.794. The molecule has 0 saturated heterocycles. The minimum absolute atomic E-state index is 0.619. The molecule has 4 heteroatoms. The average Bonchev–Trinajstić information content (AvgIpc) is 2.58. The maximum atomic E-state index is 5.17. The van der Waals surface area contributed by atoms with Crippen LogP contribution in [0.25, 0.3) is 0 Å². The Labute approximate surface area is 101 Å². The van der Waals surface area contributed by atoms with Gasteiger partial charge in [0.05, 0.1) is 6.54 Å². The van der Waals surface area contributed by atoms with Gasteiger partial charge in [0, 0.05) is 11.4 Å². The van der Waals surface area contributed by atoms with Crippen molar-refractivity contribution in [1.29, 1.82) is 0 Å². The van der Waals surface area contributed by atoms with Gasteiger partial charge in [0.25, 0.3) is 0 Å². The first-order valence-electron chi connectivity index (χ1n) is 5.14. The van der Waals surface area contributed by atoms with E-state index < -0.39 is 0 Å². The molecule has 0 unspecified atom stereocenters. The second-order valence-electron chi connectivity index (χ2n) is 3.98. The first-order chi connectivity index (χ1) is 7.09. The predicted octanol–water partition coefficient (Wildman–Crippen LogP) is 2.68. The zero-order valence-electron chi connectivity index (χ0n) is 9.46. The Hall–Kier alpha value is -0.610. The predicted molar refractivity (Wildman–Crippen MR) is 71.3 cm³/mol. The monoisotopic (exact) mass is 242 g/mol. The summed E-state index contributed by atoms with van der Waals surface area (Å²) >= 11 is 6.94. The Bertz CT molecular complexity index is 318. The van der Waals surface area contributed by atoms with Gasteiger partial charge in [0.15, 0.2) is 5.11 Å². The van der Waals surface area contributed by atoms with Crippen molar-refractivity contribution in [1.82, 2.24) is 10.6 Å². The van der Waals surface area contributed by atoms with E-state index in [9.17, 15) is 0 Å². The van der Waals surface area contributed by atoms with E-state index in [4.69, 9.17) is 12.2 Å². The smallest absolute Gasteiger partial charge is 0.166 e. The van der Waals surface area contributed by atoms with Crippen molar-refractivity contribution in [2.75, 3.05) is 6.54 Å². The molecule has 0 radical (unpaired) electrons. The van der Waals surface area contributed by atoms with Crippen LogP contribution in [0.1, 0.15) is 24.3 Å². The lowest BCUT2D eigenvalue weighted by molar-refractivity contribution is 0.619. The Morgan fingerprint density at radius 3 is 2.73 bits per heavy atom. The number of hydrogen-bond donors (Lipinski definition) is 2. The van der Waals surface area contributed by atoms with Gasteiger partial charge in [-0.3, -0.25) is 0 Å². The summed E-state index contributed by atoms with van der Waals surface area (Å²) in [6.07, 6.45) is 0. The molecule has 2 N–H and O–H groups in total. The molecule has 0 amide bonds. The molecular formula is C11H18N2S2. The zero-order valence-corrected chi connectivity index (χ0v) is 11.1. The molecule has 0 aromatic carbocycles. The van der Waals surface area contributed by atoms with Crippen molar-refractivity contribution >= 4 is 28.7 Å². The van der Waals surface area contributed by atoms with Crippen LogP contribution in [-0.2, 0) is 6.54 Å². The van der Waals surface area contributed by atoms with Crippen LogP contribution in [0.15, 0.2) is 11.4 Å². The van der Waals surface area contributed by atoms with Crippen LogP contribution in [-0.4, -0.2) is 11.7 Å². The van der Waals surface area contributed by atoms with Crippen molar-refractivity contribution in [2.45, 2.75) is 27.3 Å². The van der Waals surface area contributed by atoms with E-state index in [1.165, 1.54) is 10.4 Å². The van der Waals surface area contributed by atoms with Crippen molar-refractivity contribution in [3.05, 3.63) is 21.9 Å². The molecule has 1 aromatic heterocycles. The van der Waals surface area contributed by atoms with Gasteiger partial charge in [-0.05, 0) is 42.1 Å². The van der Waals surface area contributed by atoms with Crippen LogP contribution in [0.3, 0.4) is 0 Å². The lowest BCUT2D eigenvalue weighted by atomic mass is 10.2. The molecule has 0 aliphatic carbocycles. The number of nitrogens with one attached hydrogen (secondary N) is 2. The van der Waals surface area contributed by atoms with Gasteiger partial charge in [-0.2, -0.15) is 0 Å². The van der Waals surface area contributed by atoms with Gasteiger partial charge in [-0.15, -0.1) is 11.3 Å². The van der Waals surface area contributed by atoms with Crippen LogP contribution in [0.2, 0.25) is 0 Å². The topological polar surface area (TPSA) is 24.1 Å². The number of thiophene rings is 1. The number of thiocarbonyl (C=S) groups is 1. The number of rotatable bonds is 4. The first kappa shape index (κ1) is 12.5. The van der Waals surface area contributed by atoms with E-state index in [0.717, 1.165) is 18.2 Å². The van der Waals surface area contributed by atoms with Crippen LogP contribution >= 0.6 is 23.6 Å². The highest BCUT2D eigenvalue weighted by atomic mass is 32.1. The Kier molecular flexibility index (Phi) is 5.05. The summed E-state index contributed by atoms with van der Waals surface area (Å²) < 4.78 is 0. The average molecular weight is 242 g/mol. The second-order valence-corrected chi connectivity index (χ2v) is 5.39. The van der Waals surface area contributed by atoms with E-state index in [-0.39, 0.29) is 0 Å². The summed E-state index contributed by atoms with van der Waals surface area (Å²) in [5, 5.41) is 9.26. The lowest BCUT2D eigenvalue weighted by Crippen LogP contribution is -2.36. The molecule has 84 valence electrons. The summed E-state index contributed by atoms with van der Waals surface area (Å²) in [4.78, 5) is 1.35. The molecule has 0 bridgehead atoms. The highest BCUT2D eigenvalue weighted by Gasteiger charge is 2.01. The van der Waals surface area contributed by atoms with Gasteiger partial charge in [0.2, 0.25) is 0 Å². The molecule has 0 aliphatic heterocycles. The lowest BCUT2D eigenvalue weighted by Gasteiger charge is -2.11. The molecule has 0 aliphatic rings. The molecule has 1 aromatic rings. The highest BCUT2D eigenvalue weighted by molar-refractivity contribution is 7.80. The van der Waals surface area contributed by atoms with Gasteiger partial charge in [-0.1, -0.05) is 13.8 Å². The van der Waals surface area contributed by atoms with Crippen LogP contribution in [0.5, 0.6) is 0 Å². The van der Waals surface area contributed by atoms with Crippen molar-refractivity contribution in [3.8, 4) is 0 Å². The normalized spacial score (nSPS) is 10.4. The summed E-state index contributed by atoms with van der Waals surface area (Å²) in [6, 6.07) is 2.13. The largest absolute Gasteiger partial charge is 0.362 e. The summed E-state index contributed by atoms with van der Waals surface area (Å²) in [5.41, 5.74) is 1.33. The van der Waals surface area contributed by atoms with Gasteiger partial charge < -0.3 is 10.6 Å². The fourth-order valence-electron chi connectivity index (χ4n) is 1.11. The standard InChI is InChI=1S/C11H18N2S2/c1-8(2)6-12-11(14)13-7-10-9(3)4-5-15-10/h4-5,8H,6-7H2,1-3H3,(H2,12,13,14). The fourth-order valence-corrected chi connectivity index (χ4v) is 2.11. The minimum atomic E-state index is 0.619. The molecule has 1 heterocycles. The van der Waals surface area contributed by atoms with E-state index in [1.807, 2.05) is 0 Å². The Morgan fingerprint density at radius 1 is 1.47 bits per heavy atom. The molecule has 0 fully saturated rings.